The summed E-state index contributed by atoms with van der Waals surface area (Å²) in [7, 11) is 0. The van der Waals surface area contributed by atoms with Crippen LogP contribution in [0.1, 0.15) is 58.1 Å². The van der Waals surface area contributed by atoms with Crippen molar-refractivity contribution in [3.05, 3.63) is 42.0 Å². The van der Waals surface area contributed by atoms with Gasteiger partial charge in [0, 0.05) is 41.3 Å². The third-order valence-electron chi connectivity index (χ3n) is 8.56. The van der Waals surface area contributed by atoms with E-state index < -0.39 is 40.0 Å². The Bertz CT molecular complexity index is 1210. The minimum atomic E-state index is -2.16. The number of anilines is 1. The van der Waals surface area contributed by atoms with Gasteiger partial charge in [0.15, 0.2) is 5.66 Å². The molecule has 4 atom stereocenters. The number of nitrogens with zero attached hydrogens (tertiary/aromatic N) is 2. The summed E-state index contributed by atoms with van der Waals surface area (Å²) in [5, 5.41) is 27.8. The molecule has 180 valence electrons. The molecule has 0 saturated carbocycles. The first-order chi connectivity index (χ1) is 15.8. The molecule has 2 amide bonds. The van der Waals surface area contributed by atoms with Crippen LogP contribution in [0.25, 0.3) is 6.08 Å². The second-order valence-corrected chi connectivity index (χ2v) is 11.4. The van der Waals surface area contributed by atoms with Gasteiger partial charge < -0.3 is 25.2 Å². The predicted molar refractivity (Wildman–Crippen MR) is 126 cm³/mol. The van der Waals surface area contributed by atoms with E-state index in [0.717, 1.165) is 5.56 Å². The van der Waals surface area contributed by atoms with Crippen LogP contribution >= 0.6 is 0 Å². The number of rotatable bonds is 2. The first kappa shape index (κ1) is 21.7. The second-order valence-electron chi connectivity index (χ2n) is 11.4. The largest absolute Gasteiger partial charge is 0.483 e. The molecule has 5 aliphatic rings. The van der Waals surface area contributed by atoms with Crippen molar-refractivity contribution in [1.82, 2.24) is 9.80 Å². The highest BCUT2D eigenvalue weighted by Gasteiger charge is 2.81. The molecule has 0 aliphatic carbocycles. The minimum Gasteiger partial charge on any atom is -0.483 e. The standard InChI is InChI=1S/C26H31N3O5/c1-6-22(2,3)26-24(32,14-25(33)21(31)28-11-7-8-18(28)20(30)29(25)26)16-12-15-9-10-23(4,5)34-19(15)13-17(16)27-26/h6,9-10,12-13,18,27,32-33H,1,7-8,11,14H2,2-5H3. The van der Waals surface area contributed by atoms with Gasteiger partial charge in [0.2, 0.25) is 11.6 Å². The van der Waals surface area contributed by atoms with E-state index >= 15 is 0 Å². The second kappa shape index (κ2) is 6.04. The lowest BCUT2D eigenvalue weighted by Crippen LogP contribution is -2.76. The minimum absolute atomic E-state index is 0.333. The molecule has 34 heavy (non-hydrogen) atoms. The van der Waals surface area contributed by atoms with E-state index in [1.807, 2.05) is 52.0 Å². The van der Waals surface area contributed by atoms with Crippen LogP contribution in [0.15, 0.2) is 30.9 Å². The summed E-state index contributed by atoms with van der Waals surface area (Å²) in [5.74, 6) is -0.220. The number of ether oxygens (including phenoxy) is 1. The van der Waals surface area contributed by atoms with Crippen LogP contribution in [0.2, 0.25) is 0 Å². The lowest BCUT2D eigenvalue weighted by molar-refractivity contribution is -0.204. The number of benzene rings is 1. The highest BCUT2D eigenvalue weighted by molar-refractivity contribution is 6.01. The fourth-order valence-electron chi connectivity index (χ4n) is 6.83. The summed E-state index contributed by atoms with van der Waals surface area (Å²) >= 11 is 0. The van der Waals surface area contributed by atoms with Crippen molar-refractivity contribution in [3.63, 3.8) is 0 Å². The van der Waals surface area contributed by atoms with Gasteiger partial charge in [-0.25, -0.2) is 0 Å². The lowest BCUT2D eigenvalue weighted by atomic mass is 9.68. The molecule has 0 aromatic heterocycles. The van der Waals surface area contributed by atoms with E-state index in [2.05, 4.69) is 11.9 Å². The summed E-state index contributed by atoms with van der Waals surface area (Å²) in [5.41, 5.74) is -4.93. The predicted octanol–water partition coefficient (Wildman–Crippen LogP) is 2.32. The molecular weight excluding hydrogens is 434 g/mol. The summed E-state index contributed by atoms with van der Waals surface area (Å²) in [6, 6.07) is 3.03. The third kappa shape index (κ3) is 2.22. The quantitative estimate of drug-likeness (QED) is 0.580. The van der Waals surface area contributed by atoms with Crippen molar-refractivity contribution in [2.24, 2.45) is 5.41 Å². The maximum Gasteiger partial charge on any atom is 0.276 e. The van der Waals surface area contributed by atoms with Gasteiger partial charge in [-0.2, -0.15) is 0 Å². The van der Waals surface area contributed by atoms with Crippen LogP contribution < -0.4 is 10.1 Å². The van der Waals surface area contributed by atoms with Gasteiger partial charge in [-0.3, -0.25) is 14.5 Å². The number of carbonyl (C=O) groups excluding carboxylic acids is 2. The molecule has 0 bridgehead atoms. The van der Waals surface area contributed by atoms with Crippen molar-refractivity contribution in [2.45, 2.75) is 75.6 Å². The van der Waals surface area contributed by atoms with E-state index in [1.165, 1.54) is 9.80 Å². The zero-order valence-corrected chi connectivity index (χ0v) is 20.0. The summed E-state index contributed by atoms with van der Waals surface area (Å²) in [6.45, 7) is 12.1. The number of nitrogens with one attached hydrogen (secondary N) is 1. The van der Waals surface area contributed by atoms with E-state index in [-0.39, 0.29) is 12.3 Å². The average Bonchev–Trinajstić information content (AvgIpc) is 3.39. The number of carbonyl (C=O) groups is 2. The molecule has 3 fully saturated rings. The molecule has 1 aromatic rings. The molecule has 6 rings (SSSR count). The number of hydrogen-bond acceptors (Lipinski definition) is 6. The number of hydrogen-bond donors (Lipinski definition) is 3. The number of fused-ring (bicyclic) bond motifs is 7. The summed E-state index contributed by atoms with van der Waals surface area (Å²) in [4.78, 5) is 30.2. The van der Waals surface area contributed by atoms with E-state index in [4.69, 9.17) is 4.74 Å². The van der Waals surface area contributed by atoms with Gasteiger partial charge in [0.1, 0.15) is 23.0 Å². The Morgan fingerprint density at radius 2 is 2.00 bits per heavy atom. The smallest absolute Gasteiger partial charge is 0.276 e. The Morgan fingerprint density at radius 1 is 1.26 bits per heavy atom. The molecule has 5 aliphatic heterocycles. The molecule has 0 radical (unpaired) electrons. The van der Waals surface area contributed by atoms with E-state index in [0.29, 0.717) is 36.4 Å². The zero-order chi connectivity index (χ0) is 24.5. The fourth-order valence-corrected chi connectivity index (χ4v) is 6.83. The SMILES string of the molecule is C=CC(C)(C)C12Nc3cc4c(cc3C1(O)CC1(O)C(=O)N3CCCC3C(=O)N12)C=CC(C)(C)O4. The molecule has 3 N–H and O–H groups in total. The number of amides is 2. The van der Waals surface area contributed by atoms with E-state index in [1.54, 1.807) is 6.08 Å². The van der Waals surface area contributed by atoms with Gasteiger partial charge in [-0.15, -0.1) is 6.58 Å². The van der Waals surface area contributed by atoms with Crippen molar-refractivity contribution in [3.8, 4) is 5.75 Å². The Labute approximate surface area is 198 Å². The molecule has 0 spiro atoms. The molecule has 8 heteroatoms. The summed E-state index contributed by atoms with van der Waals surface area (Å²) < 4.78 is 6.15. The monoisotopic (exact) mass is 465 g/mol. The Kier molecular flexibility index (Phi) is 3.85. The van der Waals surface area contributed by atoms with Gasteiger partial charge in [0.25, 0.3) is 5.91 Å². The average molecular weight is 466 g/mol. The van der Waals surface area contributed by atoms with Crippen molar-refractivity contribution < 1.29 is 24.5 Å². The topological polar surface area (TPSA) is 102 Å². The molecule has 8 nitrogen and oxygen atoms in total. The van der Waals surface area contributed by atoms with Gasteiger partial charge in [-0.1, -0.05) is 26.0 Å². The summed E-state index contributed by atoms with van der Waals surface area (Å²) in [6.07, 6.45) is 6.47. The van der Waals surface area contributed by atoms with Crippen LogP contribution in [0.3, 0.4) is 0 Å². The van der Waals surface area contributed by atoms with Gasteiger partial charge >= 0.3 is 0 Å². The molecule has 5 heterocycles. The number of aliphatic hydroxyl groups is 2. The first-order valence-electron chi connectivity index (χ1n) is 11.9. The Balaban J connectivity index is 1.60. The van der Waals surface area contributed by atoms with Crippen molar-refractivity contribution in [2.75, 3.05) is 11.9 Å². The maximum atomic E-state index is 13.9. The van der Waals surface area contributed by atoms with Crippen LogP contribution in [0.4, 0.5) is 5.69 Å². The van der Waals surface area contributed by atoms with Crippen molar-refractivity contribution >= 4 is 23.6 Å². The van der Waals surface area contributed by atoms with E-state index in [9.17, 15) is 19.8 Å². The highest BCUT2D eigenvalue weighted by Crippen LogP contribution is 2.66. The highest BCUT2D eigenvalue weighted by atomic mass is 16.5. The maximum absolute atomic E-state index is 13.9. The fraction of sp³-hybridized carbons (Fsp3) is 0.538. The molecule has 1 aromatic carbocycles. The van der Waals surface area contributed by atoms with Crippen molar-refractivity contribution in [1.29, 1.82) is 0 Å². The first-order valence-corrected chi connectivity index (χ1v) is 11.9. The molecular formula is C26H31N3O5. The molecule has 3 saturated heterocycles. The van der Waals surface area contributed by atoms with Crippen LogP contribution in [0, 0.1) is 5.41 Å². The zero-order valence-electron chi connectivity index (χ0n) is 20.0. The van der Waals surface area contributed by atoms with Crippen LogP contribution in [0.5, 0.6) is 5.75 Å². The Hall–Kier alpha value is -2.84. The normalized spacial score (nSPS) is 36.8. The number of piperazine rings is 1. The van der Waals surface area contributed by atoms with Gasteiger partial charge in [-0.05, 0) is 38.8 Å². The lowest BCUT2D eigenvalue weighted by Gasteiger charge is -2.55. The van der Waals surface area contributed by atoms with Crippen LogP contribution in [-0.4, -0.2) is 61.4 Å². The molecule has 4 unspecified atom stereocenters. The Morgan fingerprint density at radius 3 is 2.71 bits per heavy atom. The third-order valence-corrected chi connectivity index (χ3v) is 8.56. The van der Waals surface area contributed by atoms with Crippen LogP contribution in [-0.2, 0) is 15.2 Å². The van der Waals surface area contributed by atoms with Gasteiger partial charge in [0.05, 0.1) is 0 Å².